The van der Waals surface area contributed by atoms with E-state index in [9.17, 15) is 4.79 Å². The Morgan fingerprint density at radius 1 is 1.33 bits per heavy atom. The number of carbonyl (C=O) groups excluding carboxylic acids is 1. The number of anilines is 1. The van der Waals surface area contributed by atoms with Gasteiger partial charge in [-0.2, -0.15) is 0 Å². The molecule has 0 radical (unpaired) electrons. The van der Waals surface area contributed by atoms with Crippen molar-refractivity contribution in [2.75, 3.05) is 18.5 Å². The molecule has 0 aromatic heterocycles. The molecule has 6 heteroatoms. The fourth-order valence-electron chi connectivity index (χ4n) is 2.47. The quantitative estimate of drug-likeness (QED) is 0.761. The molecule has 3 rings (SSSR count). The van der Waals surface area contributed by atoms with Gasteiger partial charge < -0.3 is 14.8 Å². The Labute approximate surface area is 154 Å². The lowest BCUT2D eigenvalue weighted by atomic mass is 10.2. The Balaban J connectivity index is 1.65. The standard InChI is InChI=1S/C18H17BrClNO3/c19-14-10-12(18(22)21-16-6-2-1-5-15(16)20)7-8-17(14)24-11-13-4-3-9-23-13/h1-2,5-8,10,13H,3-4,9,11H2,(H,21,22). The van der Waals surface area contributed by atoms with Crippen molar-refractivity contribution in [2.24, 2.45) is 0 Å². The molecule has 2 aromatic carbocycles. The maximum atomic E-state index is 12.3. The molecule has 1 heterocycles. The van der Waals surface area contributed by atoms with Gasteiger partial charge in [-0.3, -0.25) is 4.79 Å². The van der Waals surface area contributed by atoms with Gasteiger partial charge in [-0.15, -0.1) is 0 Å². The van der Waals surface area contributed by atoms with Gasteiger partial charge in [0, 0.05) is 12.2 Å². The van der Waals surface area contributed by atoms with Crippen LogP contribution in [0.15, 0.2) is 46.9 Å². The van der Waals surface area contributed by atoms with E-state index in [-0.39, 0.29) is 12.0 Å². The zero-order chi connectivity index (χ0) is 16.9. The van der Waals surface area contributed by atoms with Crippen molar-refractivity contribution in [1.82, 2.24) is 0 Å². The molecule has 1 amide bonds. The van der Waals surface area contributed by atoms with Crippen LogP contribution in [0.1, 0.15) is 23.2 Å². The summed E-state index contributed by atoms with van der Waals surface area (Å²) in [5, 5.41) is 3.30. The van der Waals surface area contributed by atoms with Crippen LogP contribution < -0.4 is 10.1 Å². The van der Waals surface area contributed by atoms with Gasteiger partial charge in [0.1, 0.15) is 12.4 Å². The maximum Gasteiger partial charge on any atom is 0.255 e. The van der Waals surface area contributed by atoms with Crippen molar-refractivity contribution in [2.45, 2.75) is 18.9 Å². The van der Waals surface area contributed by atoms with Crippen LogP contribution in [0.3, 0.4) is 0 Å². The number of ether oxygens (including phenoxy) is 2. The molecular formula is C18H17BrClNO3. The first-order valence-corrected chi connectivity index (χ1v) is 8.90. The fourth-order valence-corrected chi connectivity index (χ4v) is 3.15. The summed E-state index contributed by atoms with van der Waals surface area (Å²) in [7, 11) is 0. The summed E-state index contributed by atoms with van der Waals surface area (Å²) in [6.45, 7) is 1.32. The predicted molar refractivity (Wildman–Crippen MR) is 98.0 cm³/mol. The van der Waals surface area contributed by atoms with Crippen molar-refractivity contribution >= 4 is 39.1 Å². The average molecular weight is 411 g/mol. The molecular weight excluding hydrogens is 394 g/mol. The number of carbonyl (C=O) groups is 1. The highest BCUT2D eigenvalue weighted by atomic mass is 79.9. The topological polar surface area (TPSA) is 47.6 Å². The average Bonchev–Trinajstić information content (AvgIpc) is 3.09. The van der Waals surface area contributed by atoms with E-state index in [1.54, 1.807) is 30.3 Å². The SMILES string of the molecule is O=C(Nc1ccccc1Cl)c1ccc(OCC2CCCO2)c(Br)c1. The largest absolute Gasteiger partial charge is 0.490 e. The summed E-state index contributed by atoms with van der Waals surface area (Å²) in [6.07, 6.45) is 2.26. The van der Waals surface area contributed by atoms with Crippen LogP contribution in [0.2, 0.25) is 5.02 Å². The summed E-state index contributed by atoms with van der Waals surface area (Å²) < 4.78 is 12.0. The number of benzene rings is 2. The first kappa shape index (κ1) is 17.3. The maximum absolute atomic E-state index is 12.3. The Morgan fingerprint density at radius 3 is 2.88 bits per heavy atom. The molecule has 24 heavy (non-hydrogen) atoms. The number of para-hydroxylation sites is 1. The molecule has 126 valence electrons. The van der Waals surface area contributed by atoms with E-state index in [1.165, 1.54) is 0 Å². The predicted octanol–water partition coefficient (Wildman–Crippen LogP) is 4.91. The van der Waals surface area contributed by atoms with Gasteiger partial charge >= 0.3 is 0 Å². The van der Waals surface area contributed by atoms with E-state index in [0.717, 1.165) is 23.9 Å². The van der Waals surface area contributed by atoms with Gasteiger partial charge in [-0.05, 0) is 59.1 Å². The third-order valence-electron chi connectivity index (χ3n) is 3.76. The van der Waals surface area contributed by atoms with Crippen LogP contribution in [-0.2, 0) is 4.74 Å². The third kappa shape index (κ3) is 4.29. The van der Waals surface area contributed by atoms with E-state index < -0.39 is 0 Å². The summed E-state index contributed by atoms with van der Waals surface area (Å²) >= 11 is 9.51. The molecule has 1 unspecified atom stereocenters. The highest BCUT2D eigenvalue weighted by Crippen LogP contribution is 2.28. The first-order chi connectivity index (χ1) is 11.6. The highest BCUT2D eigenvalue weighted by Gasteiger charge is 2.17. The highest BCUT2D eigenvalue weighted by molar-refractivity contribution is 9.10. The molecule has 0 bridgehead atoms. The Hall–Kier alpha value is -1.56. The summed E-state index contributed by atoms with van der Waals surface area (Å²) in [6, 6.07) is 12.4. The molecule has 4 nitrogen and oxygen atoms in total. The molecule has 0 saturated carbocycles. The van der Waals surface area contributed by atoms with Gasteiger partial charge in [-0.1, -0.05) is 23.7 Å². The Kier molecular flexibility index (Phi) is 5.76. The second-order valence-electron chi connectivity index (χ2n) is 5.53. The van der Waals surface area contributed by atoms with Gasteiger partial charge in [0.05, 0.1) is 21.3 Å². The number of halogens is 2. The smallest absolute Gasteiger partial charge is 0.255 e. The van der Waals surface area contributed by atoms with Gasteiger partial charge in [0.25, 0.3) is 5.91 Å². The lowest BCUT2D eigenvalue weighted by Crippen LogP contribution is -2.16. The van der Waals surface area contributed by atoms with Crippen molar-refractivity contribution in [3.63, 3.8) is 0 Å². The van der Waals surface area contributed by atoms with Crippen LogP contribution in [0.25, 0.3) is 0 Å². The molecule has 1 saturated heterocycles. The van der Waals surface area contributed by atoms with E-state index in [1.807, 2.05) is 12.1 Å². The van der Waals surface area contributed by atoms with E-state index in [0.29, 0.717) is 28.6 Å². The van der Waals surface area contributed by atoms with Crippen LogP contribution >= 0.6 is 27.5 Å². The minimum Gasteiger partial charge on any atom is -0.490 e. The number of nitrogens with one attached hydrogen (secondary N) is 1. The van der Waals surface area contributed by atoms with Crippen LogP contribution in [0, 0.1) is 0 Å². The van der Waals surface area contributed by atoms with Gasteiger partial charge in [0.2, 0.25) is 0 Å². The van der Waals surface area contributed by atoms with Gasteiger partial charge in [0.15, 0.2) is 0 Å². The van der Waals surface area contributed by atoms with Crippen molar-refractivity contribution in [3.05, 3.63) is 57.5 Å². The normalized spacial score (nSPS) is 16.8. The molecule has 1 aliphatic rings. The molecule has 0 spiro atoms. The molecule has 1 N–H and O–H groups in total. The second-order valence-corrected chi connectivity index (χ2v) is 6.79. The monoisotopic (exact) mass is 409 g/mol. The zero-order valence-electron chi connectivity index (χ0n) is 12.9. The summed E-state index contributed by atoms with van der Waals surface area (Å²) in [4.78, 5) is 12.3. The molecule has 2 aromatic rings. The minimum atomic E-state index is -0.227. The second kappa shape index (κ2) is 8.01. The summed E-state index contributed by atoms with van der Waals surface area (Å²) in [5.74, 6) is 0.467. The van der Waals surface area contributed by atoms with Crippen molar-refractivity contribution in [3.8, 4) is 5.75 Å². The van der Waals surface area contributed by atoms with Crippen LogP contribution in [-0.4, -0.2) is 25.2 Å². The van der Waals surface area contributed by atoms with Gasteiger partial charge in [-0.25, -0.2) is 0 Å². The Bertz CT molecular complexity index is 732. The Morgan fingerprint density at radius 2 is 2.17 bits per heavy atom. The zero-order valence-corrected chi connectivity index (χ0v) is 15.3. The minimum absolute atomic E-state index is 0.153. The molecule has 1 fully saturated rings. The number of hydrogen-bond acceptors (Lipinski definition) is 3. The number of rotatable bonds is 5. The van der Waals surface area contributed by atoms with E-state index >= 15 is 0 Å². The van der Waals surface area contributed by atoms with E-state index in [4.69, 9.17) is 21.1 Å². The fraction of sp³-hybridized carbons (Fsp3) is 0.278. The summed E-state index contributed by atoms with van der Waals surface area (Å²) in [5.41, 5.74) is 1.10. The van der Waals surface area contributed by atoms with E-state index in [2.05, 4.69) is 21.2 Å². The van der Waals surface area contributed by atoms with Crippen LogP contribution in [0.5, 0.6) is 5.75 Å². The van der Waals surface area contributed by atoms with Crippen molar-refractivity contribution in [1.29, 1.82) is 0 Å². The molecule has 1 aliphatic heterocycles. The number of amides is 1. The van der Waals surface area contributed by atoms with Crippen LogP contribution in [0.4, 0.5) is 5.69 Å². The molecule has 1 atom stereocenters. The third-order valence-corrected chi connectivity index (χ3v) is 4.71. The molecule has 0 aliphatic carbocycles. The lowest BCUT2D eigenvalue weighted by Gasteiger charge is -2.13. The number of hydrogen-bond donors (Lipinski definition) is 1. The lowest BCUT2D eigenvalue weighted by molar-refractivity contribution is 0.0677. The van der Waals surface area contributed by atoms with Crippen molar-refractivity contribution < 1.29 is 14.3 Å². The first-order valence-electron chi connectivity index (χ1n) is 7.73.